The maximum absolute atomic E-state index is 13.0. The van der Waals surface area contributed by atoms with Gasteiger partial charge in [-0.1, -0.05) is 18.2 Å². The molecule has 2 amide bonds. The maximum atomic E-state index is 13.0. The molecule has 1 N–H and O–H groups in total. The number of fused-ring (bicyclic) bond motifs is 1. The van der Waals surface area contributed by atoms with Crippen molar-refractivity contribution in [3.8, 4) is 5.75 Å². The molecule has 3 aromatic rings. The van der Waals surface area contributed by atoms with Crippen LogP contribution in [0.5, 0.6) is 5.75 Å². The second-order valence-corrected chi connectivity index (χ2v) is 7.42. The number of rotatable bonds is 7. The number of ether oxygens (including phenoxy) is 2. The molecule has 0 bridgehead atoms. The van der Waals surface area contributed by atoms with Gasteiger partial charge in [-0.05, 0) is 37.3 Å². The number of morpholine rings is 1. The molecule has 0 aliphatic carbocycles. The number of amides is 2. The Morgan fingerprint density at radius 2 is 1.75 bits per heavy atom. The fourth-order valence-electron chi connectivity index (χ4n) is 3.73. The summed E-state index contributed by atoms with van der Waals surface area (Å²) in [6.07, 6.45) is 1.59. The summed E-state index contributed by atoms with van der Waals surface area (Å²) in [5.41, 5.74) is 1.49. The number of hydrogen-bond acceptors (Lipinski definition) is 5. The third-order valence-electron chi connectivity index (χ3n) is 5.33. The number of nitrogens with zero attached hydrogens (tertiary/aromatic N) is 2. The van der Waals surface area contributed by atoms with Gasteiger partial charge < -0.3 is 24.3 Å². The van der Waals surface area contributed by atoms with Gasteiger partial charge in [0.2, 0.25) is 5.91 Å². The summed E-state index contributed by atoms with van der Waals surface area (Å²) in [5.74, 6) is -0.763. The van der Waals surface area contributed by atoms with E-state index >= 15 is 0 Å². The average Bonchev–Trinajstić information content (AvgIpc) is 3.19. The Morgan fingerprint density at radius 1 is 1.03 bits per heavy atom. The molecule has 2 aromatic carbocycles. The molecular weight excluding hydrogens is 410 g/mol. The highest BCUT2D eigenvalue weighted by Crippen LogP contribution is 2.23. The van der Waals surface area contributed by atoms with E-state index in [2.05, 4.69) is 5.32 Å². The predicted molar refractivity (Wildman–Crippen MR) is 120 cm³/mol. The standard InChI is InChI=1S/C24H25N3O5/c1-2-32-18-9-7-17(8-10-18)25-24(30)23(29)20-15-27(21-6-4-3-5-19(20)21)16-22(28)26-11-13-31-14-12-26/h3-10,15H,2,11-14,16H2,1H3,(H,25,30). The number of hydrogen-bond donors (Lipinski definition) is 1. The second-order valence-electron chi connectivity index (χ2n) is 7.42. The highest BCUT2D eigenvalue weighted by atomic mass is 16.5. The van der Waals surface area contributed by atoms with E-state index in [0.717, 1.165) is 5.52 Å². The summed E-state index contributed by atoms with van der Waals surface area (Å²) in [4.78, 5) is 40.1. The smallest absolute Gasteiger partial charge is 0.296 e. The molecule has 1 saturated heterocycles. The number of anilines is 1. The molecular formula is C24H25N3O5. The summed E-state index contributed by atoms with van der Waals surface area (Å²) in [6.45, 7) is 4.67. The minimum absolute atomic E-state index is 0.0492. The summed E-state index contributed by atoms with van der Waals surface area (Å²) >= 11 is 0. The van der Waals surface area contributed by atoms with Crippen LogP contribution in [0.15, 0.2) is 54.7 Å². The molecule has 1 fully saturated rings. The van der Waals surface area contributed by atoms with Crippen LogP contribution in [0.2, 0.25) is 0 Å². The topological polar surface area (TPSA) is 89.9 Å². The van der Waals surface area contributed by atoms with Crippen molar-refractivity contribution in [1.82, 2.24) is 9.47 Å². The van der Waals surface area contributed by atoms with Crippen LogP contribution in [-0.4, -0.2) is 60.0 Å². The summed E-state index contributed by atoms with van der Waals surface area (Å²) < 4.78 is 12.4. The SMILES string of the molecule is CCOc1ccc(NC(=O)C(=O)c2cn(CC(=O)N3CCOCC3)c3ccccc23)cc1. The first-order valence-electron chi connectivity index (χ1n) is 10.6. The molecule has 0 radical (unpaired) electrons. The lowest BCUT2D eigenvalue weighted by molar-refractivity contribution is -0.135. The van der Waals surface area contributed by atoms with Gasteiger partial charge >= 0.3 is 0 Å². The molecule has 4 rings (SSSR count). The minimum atomic E-state index is -0.739. The first kappa shape index (κ1) is 21.6. The number of carbonyl (C=O) groups excluding carboxylic acids is 3. The molecule has 1 aromatic heterocycles. The third-order valence-corrected chi connectivity index (χ3v) is 5.33. The first-order chi connectivity index (χ1) is 15.6. The number of aromatic nitrogens is 1. The van der Waals surface area contributed by atoms with Gasteiger partial charge in [0.15, 0.2) is 0 Å². The van der Waals surface area contributed by atoms with Crippen LogP contribution in [0.3, 0.4) is 0 Å². The molecule has 32 heavy (non-hydrogen) atoms. The predicted octanol–water partition coefficient (Wildman–Crippen LogP) is 2.72. The first-order valence-corrected chi connectivity index (χ1v) is 10.6. The summed E-state index contributed by atoms with van der Waals surface area (Å²) in [6, 6.07) is 14.1. The van der Waals surface area contributed by atoms with Crippen LogP contribution < -0.4 is 10.1 Å². The molecule has 8 nitrogen and oxygen atoms in total. The molecule has 2 heterocycles. The van der Waals surface area contributed by atoms with E-state index < -0.39 is 11.7 Å². The summed E-state index contributed by atoms with van der Waals surface area (Å²) in [7, 11) is 0. The summed E-state index contributed by atoms with van der Waals surface area (Å²) in [5, 5.41) is 3.27. The number of benzene rings is 2. The number of carbonyl (C=O) groups is 3. The lowest BCUT2D eigenvalue weighted by atomic mass is 10.1. The molecule has 0 unspecified atom stereocenters. The van der Waals surface area contributed by atoms with Crippen molar-refractivity contribution in [3.63, 3.8) is 0 Å². The van der Waals surface area contributed by atoms with Gasteiger partial charge in [-0.2, -0.15) is 0 Å². The van der Waals surface area contributed by atoms with Crippen LogP contribution >= 0.6 is 0 Å². The van der Waals surface area contributed by atoms with E-state index in [-0.39, 0.29) is 18.0 Å². The van der Waals surface area contributed by atoms with Gasteiger partial charge in [-0.15, -0.1) is 0 Å². The van der Waals surface area contributed by atoms with Gasteiger partial charge in [-0.25, -0.2) is 0 Å². The number of ketones is 1. The highest BCUT2D eigenvalue weighted by molar-refractivity contribution is 6.48. The van der Waals surface area contributed by atoms with Crippen LogP contribution in [-0.2, 0) is 20.9 Å². The normalized spacial score (nSPS) is 13.7. The molecule has 1 aliphatic rings. The molecule has 166 valence electrons. The minimum Gasteiger partial charge on any atom is -0.494 e. The Morgan fingerprint density at radius 3 is 2.47 bits per heavy atom. The van der Waals surface area contributed by atoms with Crippen LogP contribution in [0.1, 0.15) is 17.3 Å². The zero-order valence-corrected chi connectivity index (χ0v) is 17.9. The van der Waals surface area contributed by atoms with Gasteiger partial charge in [0, 0.05) is 35.9 Å². The van der Waals surface area contributed by atoms with Gasteiger partial charge in [0.1, 0.15) is 12.3 Å². The van der Waals surface area contributed by atoms with Crippen molar-refractivity contribution in [1.29, 1.82) is 0 Å². The zero-order valence-electron chi connectivity index (χ0n) is 17.9. The van der Waals surface area contributed by atoms with Crippen molar-refractivity contribution in [2.75, 3.05) is 38.2 Å². The Kier molecular flexibility index (Phi) is 6.51. The van der Waals surface area contributed by atoms with Crippen LogP contribution in [0.25, 0.3) is 10.9 Å². The third kappa shape index (κ3) is 4.65. The van der Waals surface area contributed by atoms with E-state index in [1.165, 1.54) is 0 Å². The van der Waals surface area contributed by atoms with Crippen LogP contribution in [0, 0.1) is 0 Å². The van der Waals surface area contributed by atoms with Crippen molar-refractivity contribution in [2.45, 2.75) is 13.5 Å². The molecule has 0 spiro atoms. The lowest BCUT2D eigenvalue weighted by Gasteiger charge is -2.27. The van der Waals surface area contributed by atoms with Crippen molar-refractivity contribution < 1.29 is 23.9 Å². The quantitative estimate of drug-likeness (QED) is 0.455. The number of nitrogens with one attached hydrogen (secondary N) is 1. The van der Waals surface area contributed by atoms with Crippen molar-refractivity contribution in [3.05, 3.63) is 60.3 Å². The molecule has 0 saturated carbocycles. The average molecular weight is 435 g/mol. The zero-order chi connectivity index (χ0) is 22.5. The van der Waals surface area contributed by atoms with E-state index in [4.69, 9.17) is 9.47 Å². The van der Waals surface area contributed by atoms with Crippen molar-refractivity contribution in [2.24, 2.45) is 0 Å². The Labute approximate surface area is 185 Å². The molecule has 8 heteroatoms. The van der Waals surface area contributed by atoms with E-state index in [9.17, 15) is 14.4 Å². The highest BCUT2D eigenvalue weighted by Gasteiger charge is 2.24. The maximum Gasteiger partial charge on any atom is 0.296 e. The fourth-order valence-corrected chi connectivity index (χ4v) is 3.73. The second kappa shape index (κ2) is 9.65. The van der Waals surface area contributed by atoms with E-state index in [0.29, 0.717) is 49.7 Å². The van der Waals surface area contributed by atoms with Gasteiger partial charge in [0.05, 0.1) is 25.4 Å². The molecule has 1 aliphatic heterocycles. The monoisotopic (exact) mass is 435 g/mol. The van der Waals surface area contributed by atoms with Crippen molar-refractivity contribution >= 4 is 34.2 Å². The fraction of sp³-hybridized carbons (Fsp3) is 0.292. The van der Waals surface area contributed by atoms with Crippen LogP contribution in [0.4, 0.5) is 5.69 Å². The number of Topliss-reactive ketones (excluding diaryl/α,β-unsaturated/α-hetero) is 1. The number of para-hydroxylation sites is 1. The molecule has 0 atom stereocenters. The Balaban J connectivity index is 1.53. The van der Waals surface area contributed by atoms with E-state index in [1.807, 2.05) is 19.1 Å². The van der Waals surface area contributed by atoms with E-state index in [1.54, 1.807) is 52.1 Å². The Bertz CT molecular complexity index is 1130. The Hall–Kier alpha value is -3.65. The van der Waals surface area contributed by atoms with Gasteiger partial charge in [0.25, 0.3) is 11.7 Å². The van der Waals surface area contributed by atoms with Gasteiger partial charge in [-0.3, -0.25) is 14.4 Å². The lowest BCUT2D eigenvalue weighted by Crippen LogP contribution is -2.42. The largest absolute Gasteiger partial charge is 0.494 e.